The first-order valence-corrected chi connectivity index (χ1v) is 10.2. The number of amides is 1. The lowest BCUT2D eigenvalue weighted by Crippen LogP contribution is -2.42. The largest absolute Gasteiger partial charge is 0.301 e. The molecule has 23 heavy (non-hydrogen) atoms. The van der Waals surface area contributed by atoms with Gasteiger partial charge in [-0.1, -0.05) is 30.4 Å². The fraction of sp³-hybridized carbons (Fsp3) is 0.467. The fourth-order valence-corrected chi connectivity index (χ4v) is 4.97. The van der Waals surface area contributed by atoms with E-state index >= 15 is 0 Å². The van der Waals surface area contributed by atoms with Gasteiger partial charge in [0.1, 0.15) is 6.04 Å². The predicted molar refractivity (Wildman–Crippen MR) is 92.2 cm³/mol. The quantitative estimate of drug-likeness (QED) is 0.914. The summed E-state index contributed by atoms with van der Waals surface area (Å²) in [5, 5.41) is 3.31. The number of aryl methyl sites for hydroxylation is 1. The number of nitrogens with zero attached hydrogens (tertiary/aromatic N) is 2. The molecular formula is C15H19N3O3S2. The van der Waals surface area contributed by atoms with Crippen LogP contribution in [0.2, 0.25) is 0 Å². The Kier molecular flexibility index (Phi) is 4.39. The van der Waals surface area contributed by atoms with Gasteiger partial charge in [0.05, 0.1) is 16.5 Å². The molecule has 1 atom stereocenters. The van der Waals surface area contributed by atoms with Crippen LogP contribution in [0.15, 0.2) is 18.2 Å². The first-order valence-electron chi connectivity index (χ1n) is 7.56. The lowest BCUT2D eigenvalue weighted by atomic mass is 10.1. The van der Waals surface area contributed by atoms with E-state index in [1.165, 1.54) is 15.6 Å². The zero-order chi connectivity index (χ0) is 16.6. The number of sulfonamides is 1. The van der Waals surface area contributed by atoms with Crippen molar-refractivity contribution in [2.45, 2.75) is 32.2 Å². The van der Waals surface area contributed by atoms with E-state index in [4.69, 9.17) is 0 Å². The topological polar surface area (TPSA) is 79.4 Å². The lowest BCUT2D eigenvalue weighted by Gasteiger charge is -2.20. The van der Waals surface area contributed by atoms with Crippen molar-refractivity contribution >= 4 is 42.6 Å². The molecule has 2 heterocycles. The van der Waals surface area contributed by atoms with Crippen molar-refractivity contribution in [1.29, 1.82) is 0 Å². The summed E-state index contributed by atoms with van der Waals surface area (Å²) < 4.78 is 25.8. The molecule has 1 aliphatic rings. The van der Waals surface area contributed by atoms with Crippen LogP contribution < -0.4 is 5.32 Å². The Bertz CT molecular complexity index is 845. The number of fused-ring (bicyclic) bond motifs is 1. The number of nitrogens with one attached hydrogen (secondary N) is 1. The molecule has 8 heteroatoms. The van der Waals surface area contributed by atoms with Gasteiger partial charge in [-0.15, -0.1) is 0 Å². The summed E-state index contributed by atoms with van der Waals surface area (Å²) in [6, 6.07) is 5.34. The van der Waals surface area contributed by atoms with Crippen LogP contribution in [0.3, 0.4) is 0 Å². The molecule has 1 fully saturated rings. The Morgan fingerprint density at radius 2 is 2.26 bits per heavy atom. The van der Waals surface area contributed by atoms with E-state index in [0.29, 0.717) is 24.5 Å². The summed E-state index contributed by atoms with van der Waals surface area (Å²) in [6.07, 6.45) is 3.26. The average Bonchev–Trinajstić information content (AvgIpc) is 3.12. The van der Waals surface area contributed by atoms with Crippen molar-refractivity contribution in [2.75, 3.05) is 18.1 Å². The Labute approximate surface area is 139 Å². The summed E-state index contributed by atoms with van der Waals surface area (Å²) in [6.45, 7) is 2.46. The highest BCUT2D eigenvalue weighted by molar-refractivity contribution is 7.88. The minimum absolute atomic E-state index is 0.301. The zero-order valence-corrected chi connectivity index (χ0v) is 14.7. The van der Waals surface area contributed by atoms with E-state index in [-0.39, 0.29) is 5.91 Å². The number of rotatable bonds is 4. The maximum Gasteiger partial charge on any atom is 0.244 e. The van der Waals surface area contributed by atoms with Gasteiger partial charge in [-0.3, -0.25) is 4.79 Å². The molecule has 1 unspecified atom stereocenters. The average molecular weight is 353 g/mol. The number of anilines is 1. The minimum atomic E-state index is -3.37. The van der Waals surface area contributed by atoms with Gasteiger partial charge < -0.3 is 5.32 Å². The highest BCUT2D eigenvalue weighted by Crippen LogP contribution is 2.29. The molecule has 1 N–H and O–H groups in total. The van der Waals surface area contributed by atoms with Crippen molar-refractivity contribution in [1.82, 2.24) is 9.29 Å². The Morgan fingerprint density at radius 1 is 1.48 bits per heavy atom. The molecular weight excluding hydrogens is 334 g/mol. The number of carbonyl (C=O) groups is 1. The maximum atomic E-state index is 12.5. The van der Waals surface area contributed by atoms with Gasteiger partial charge in [0.25, 0.3) is 0 Å². The first kappa shape index (κ1) is 16.4. The van der Waals surface area contributed by atoms with E-state index in [1.807, 2.05) is 18.2 Å². The first-order chi connectivity index (χ1) is 10.9. The van der Waals surface area contributed by atoms with E-state index < -0.39 is 16.1 Å². The van der Waals surface area contributed by atoms with Crippen LogP contribution in [0.1, 0.15) is 25.3 Å². The highest BCUT2D eigenvalue weighted by atomic mass is 32.2. The third-order valence-electron chi connectivity index (χ3n) is 4.05. The number of thiazole rings is 1. The van der Waals surface area contributed by atoms with Gasteiger partial charge in [0.15, 0.2) is 5.13 Å². The van der Waals surface area contributed by atoms with E-state index in [9.17, 15) is 13.2 Å². The standard InChI is InChI=1S/C15H19N3O3S2/c1-3-10-6-4-8-12-13(10)16-15(22-12)17-14(19)11-7-5-9-18(11)23(2,20)21/h4,6,8,11H,3,5,7,9H2,1-2H3,(H,16,17,19). The van der Waals surface area contributed by atoms with Gasteiger partial charge in [-0.05, 0) is 30.9 Å². The van der Waals surface area contributed by atoms with Crippen LogP contribution in [0.5, 0.6) is 0 Å². The SMILES string of the molecule is CCc1cccc2sc(NC(=O)C3CCCN3S(C)(=O)=O)nc12. The number of carbonyl (C=O) groups excluding carboxylic acids is 1. The van der Waals surface area contributed by atoms with Gasteiger partial charge in [-0.2, -0.15) is 4.31 Å². The van der Waals surface area contributed by atoms with Crippen molar-refractivity contribution in [3.05, 3.63) is 23.8 Å². The summed E-state index contributed by atoms with van der Waals surface area (Å²) in [4.78, 5) is 17.0. The van der Waals surface area contributed by atoms with Crippen LogP contribution in [0.4, 0.5) is 5.13 Å². The van der Waals surface area contributed by atoms with Gasteiger partial charge in [-0.25, -0.2) is 13.4 Å². The molecule has 3 rings (SSSR count). The van der Waals surface area contributed by atoms with E-state index in [1.54, 1.807) is 0 Å². The Morgan fingerprint density at radius 3 is 2.96 bits per heavy atom. The summed E-state index contributed by atoms with van der Waals surface area (Å²) in [7, 11) is -3.37. The van der Waals surface area contributed by atoms with Crippen LogP contribution in [0, 0.1) is 0 Å². The molecule has 0 bridgehead atoms. The number of benzene rings is 1. The summed E-state index contributed by atoms with van der Waals surface area (Å²) in [5.41, 5.74) is 2.04. The molecule has 1 aromatic carbocycles. The highest BCUT2D eigenvalue weighted by Gasteiger charge is 2.36. The Balaban J connectivity index is 1.83. The number of aromatic nitrogens is 1. The smallest absolute Gasteiger partial charge is 0.244 e. The lowest BCUT2D eigenvalue weighted by molar-refractivity contribution is -0.119. The fourth-order valence-electron chi connectivity index (χ4n) is 2.93. The molecule has 124 valence electrons. The number of hydrogen-bond donors (Lipinski definition) is 1. The monoisotopic (exact) mass is 353 g/mol. The second kappa shape index (κ2) is 6.18. The van der Waals surface area contributed by atoms with Crippen LogP contribution >= 0.6 is 11.3 Å². The molecule has 2 aromatic rings. The third kappa shape index (κ3) is 3.24. The van der Waals surface area contributed by atoms with Crippen molar-refractivity contribution < 1.29 is 13.2 Å². The van der Waals surface area contributed by atoms with Crippen molar-refractivity contribution in [3.8, 4) is 0 Å². The summed E-state index contributed by atoms with van der Waals surface area (Å²) >= 11 is 1.41. The molecule has 1 amide bonds. The molecule has 0 aliphatic carbocycles. The Hall–Kier alpha value is -1.51. The van der Waals surface area contributed by atoms with E-state index in [0.717, 1.165) is 28.5 Å². The minimum Gasteiger partial charge on any atom is -0.301 e. The molecule has 6 nitrogen and oxygen atoms in total. The molecule has 1 saturated heterocycles. The van der Waals surface area contributed by atoms with Crippen molar-refractivity contribution in [3.63, 3.8) is 0 Å². The molecule has 1 aliphatic heterocycles. The van der Waals surface area contributed by atoms with Gasteiger partial charge in [0, 0.05) is 6.54 Å². The molecule has 0 spiro atoms. The second-order valence-corrected chi connectivity index (χ2v) is 8.62. The van der Waals surface area contributed by atoms with Gasteiger partial charge >= 0.3 is 0 Å². The van der Waals surface area contributed by atoms with Crippen LogP contribution in [-0.2, 0) is 21.2 Å². The maximum absolute atomic E-state index is 12.5. The third-order valence-corrected chi connectivity index (χ3v) is 6.27. The second-order valence-electron chi connectivity index (χ2n) is 5.66. The van der Waals surface area contributed by atoms with Crippen LogP contribution in [-0.4, -0.2) is 42.5 Å². The summed E-state index contributed by atoms with van der Waals surface area (Å²) in [5.74, 6) is -0.301. The molecule has 1 aromatic heterocycles. The van der Waals surface area contributed by atoms with Crippen LogP contribution in [0.25, 0.3) is 10.2 Å². The zero-order valence-electron chi connectivity index (χ0n) is 13.1. The predicted octanol–water partition coefficient (Wildman–Crippen LogP) is 2.22. The molecule has 0 radical (unpaired) electrons. The van der Waals surface area contributed by atoms with E-state index in [2.05, 4.69) is 17.2 Å². The van der Waals surface area contributed by atoms with Crippen molar-refractivity contribution in [2.24, 2.45) is 0 Å². The molecule has 0 saturated carbocycles. The number of para-hydroxylation sites is 1. The van der Waals surface area contributed by atoms with Gasteiger partial charge in [0.2, 0.25) is 15.9 Å². The number of hydrogen-bond acceptors (Lipinski definition) is 5. The normalized spacial score (nSPS) is 19.3.